The van der Waals surface area contributed by atoms with Crippen LogP contribution >= 0.6 is 0 Å². The Hall–Kier alpha value is -5.00. The molecule has 0 unspecified atom stereocenters. The van der Waals surface area contributed by atoms with E-state index < -0.39 is 23.9 Å². The summed E-state index contributed by atoms with van der Waals surface area (Å²) in [6.07, 6.45) is 3.28. The monoisotopic (exact) mass is 599 g/mol. The lowest BCUT2D eigenvalue weighted by molar-refractivity contribution is -0.138. The van der Waals surface area contributed by atoms with Gasteiger partial charge in [0.2, 0.25) is 23.7 Å². The van der Waals surface area contributed by atoms with Crippen LogP contribution < -0.4 is 20.3 Å². The van der Waals surface area contributed by atoms with E-state index in [0.29, 0.717) is 44.4 Å². The molecule has 0 bridgehead atoms. The van der Waals surface area contributed by atoms with Crippen molar-refractivity contribution in [2.45, 2.75) is 31.8 Å². The smallest absolute Gasteiger partial charge is 0.255 e. The van der Waals surface area contributed by atoms with Gasteiger partial charge in [-0.05, 0) is 30.7 Å². The van der Waals surface area contributed by atoms with E-state index in [4.69, 9.17) is 4.74 Å². The number of carbonyl (C=O) groups is 4. The van der Waals surface area contributed by atoms with Gasteiger partial charge >= 0.3 is 0 Å². The average Bonchev–Trinajstić information content (AvgIpc) is 3.06. The van der Waals surface area contributed by atoms with Gasteiger partial charge in [-0.25, -0.2) is 9.97 Å². The zero-order chi connectivity index (χ0) is 30.9. The van der Waals surface area contributed by atoms with Crippen LogP contribution in [-0.2, 0) is 20.8 Å². The quantitative estimate of drug-likeness (QED) is 0.448. The fourth-order valence-electron chi connectivity index (χ4n) is 5.42. The first-order valence-electron chi connectivity index (χ1n) is 14.9. The first-order valence-corrected chi connectivity index (χ1v) is 14.9. The van der Waals surface area contributed by atoms with E-state index >= 15 is 0 Å². The van der Waals surface area contributed by atoms with Crippen LogP contribution in [0.5, 0.6) is 5.75 Å². The minimum absolute atomic E-state index is 0.146. The van der Waals surface area contributed by atoms with Gasteiger partial charge in [-0.3, -0.25) is 19.2 Å². The fraction of sp³-hybridized carbons (Fsp3) is 0.375. The van der Waals surface area contributed by atoms with E-state index in [1.165, 1.54) is 0 Å². The second-order valence-corrected chi connectivity index (χ2v) is 10.7. The van der Waals surface area contributed by atoms with E-state index in [0.717, 1.165) is 5.56 Å². The third-order valence-corrected chi connectivity index (χ3v) is 7.78. The third-order valence-electron chi connectivity index (χ3n) is 7.78. The molecule has 3 heterocycles. The van der Waals surface area contributed by atoms with Gasteiger partial charge in [-0.15, -0.1) is 0 Å². The Kier molecular flexibility index (Phi) is 10.0. The Morgan fingerprint density at radius 2 is 1.59 bits per heavy atom. The molecule has 1 aromatic heterocycles. The van der Waals surface area contributed by atoms with Gasteiger partial charge in [-0.2, -0.15) is 0 Å². The number of nitrogens with one attached hydrogen (secondary N) is 2. The van der Waals surface area contributed by atoms with Crippen molar-refractivity contribution < 1.29 is 23.9 Å². The summed E-state index contributed by atoms with van der Waals surface area (Å²) >= 11 is 0. The topological polar surface area (TPSA) is 137 Å². The molecule has 44 heavy (non-hydrogen) atoms. The Morgan fingerprint density at radius 3 is 2.32 bits per heavy atom. The number of ether oxygens (including phenoxy) is 1. The molecule has 12 heteroatoms. The number of fused-ring (bicyclic) bond motifs is 1. The number of para-hydroxylation sites is 1. The van der Waals surface area contributed by atoms with Crippen molar-refractivity contribution >= 4 is 29.6 Å². The lowest BCUT2D eigenvalue weighted by atomic mass is 10.0. The Bertz CT molecular complexity index is 1450. The summed E-state index contributed by atoms with van der Waals surface area (Å²) < 4.78 is 5.97. The number of carbonyl (C=O) groups excluding carboxylic acids is 4. The lowest BCUT2D eigenvalue weighted by Gasteiger charge is -2.36. The normalized spacial score (nSPS) is 20.1. The van der Waals surface area contributed by atoms with Crippen molar-refractivity contribution in [1.29, 1.82) is 0 Å². The molecule has 1 fully saturated rings. The maximum Gasteiger partial charge on any atom is 0.255 e. The molecular formula is C32H37N7O5. The standard InChI is InChI=1S/C32H37N7O5/c1-2-37-19-20-44-27-12-7-6-11-24(27)29(41)36-26(22-28(40)35-25(30(37)42)21-23-9-4-3-5-10-23)31(43)38-15-17-39(18-16-38)32-33-13-8-14-34-32/h3-14,25-26H,2,15-22H2,1H3,(H,35,40)(H,36,41)/t25-,26-/m0/s1. The van der Waals surface area contributed by atoms with Gasteiger partial charge in [0.25, 0.3) is 5.91 Å². The minimum Gasteiger partial charge on any atom is -0.491 e. The third kappa shape index (κ3) is 7.49. The van der Waals surface area contributed by atoms with Gasteiger partial charge in [0.1, 0.15) is 24.4 Å². The van der Waals surface area contributed by atoms with Gasteiger partial charge < -0.3 is 30.1 Å². The largest absolute Gasteiger partial charge is 0.491 e. The van der Waals surface area contributed by atoms with Crippen molar-refractivity contribution in [3.63, 3.8) is 0 Å². The predicted molar refractivity (Wildman–Crippen MR) is 163 cm³/mol. The highest BCUT2D eigenvalue weighted by Crippen LogP contribution is 2.20. The van der Waals surface area contributed by atoms with E-state index in [1.54, 1.807) is 52.5 Å². The van der Waals surface area contributed by atoms with E-state index in [9.17, 15) is 19.2 Å². The van der Waals surface area contributed by atoms with Gasteiger partial charge in [0, 0.05) is 51.5 Å². The first-order chi connectivity index (χ1) is 21.4. The molecule has 2 N–H and O–H groups in total. The van der Waals surface area contributed by atoms with Gasteiger partial charge in [0.15, 0.2) is 0 Å². The predicted octanol–water partition coefficient (Wildman–Crippen LogP) is 1.28. The van der Waals surface area contributed by atoms with E-state index in [1.807, 2.05) is 42.2 Å². The number of anilines is 1. The molecule has 2 atom stereocenters. The number of benzene rings is 2. The van der Waals surface area contributed by atoms with Crippen molar-refractivity contribution in [3.05, 3.63) is 84.2 Å². The molecule has 0 aliphatic carbocycles. The molecule has 4 amide bonds. The van der Waals surface area contributed by atoms with E-state index in [2.05, 4.69) is 20.6 Å². The first kappa shape index (κ1) is 30.5. The number of hydrogen-bond donors (Lipinski definition) is 2. The van der Waals surface area contributed by atoms with Crippen molar-refractivity contribution in [2.24, 2.45) is 0 Å². The summed E-state index contributed by atoms with van der Waals surface area (Å²) in [5, 5.41) is 5.65. The minimum atomic E-state index is -1.16. The zero-order valence-corrected chi connectivity index (χ0v) is 24.7. The molecule has 0 radical (unpaired) electrons. The maximum atomic E-state index is 13.8. The molecule has 2 aliphatic heterocycles. The Morgan fingerprint density at radius 1 is 0.886 bits per heavy atom. The second kappa shape index (κ2) is 14.5. The van der Waals surface area contributed by atoms with Crippen LogP contribution in [0.25, 0.3) is 0 Å². The fourth-order valence-corrected chi connectivity index (χ4v) is 5.42. The molecule has 1 saturated heterocycles. The van der Waals surface area contributed by atoms with Crippen LogP contribution in [0.2, 0.25) is 0 Å². The van der Waals surface area contributed by atoms with Crippen LogP contribution in [0.3, 0.4) is 0 Å². The van der Waals surface area contributed by atoms with Crippen LogP contribution in [-0.4, -0.2) is 101 Å². The number of hydrogen-bond acceptors (Lipinski definition) is 8. The van der Waals surface area contributed by atoms with Gasteiger partial charge in [0.05, 0.1) is 18.5 Å². The average molecular weight is 600 g/mol. The molecule has 0 saturated carbocycles. The van der Waals surface area contributed by atoms with Crippen molar-refractivity contribution in [1.82, 2.24) is 30.4 Å². The highest BCUT2D eigenvalue weighted by molar-refractivity contribution is 6.01. The molecule has 230 valence electrons. The second-order valence-electron chi connectivity index (χ2n) is 10.7. The number of nitrogens with zero attached hydrogens (tertiary/aromatic N) is 5. The maximum absolute atomic E-state index is 13.8. The summed E-state index contributed by atoms with van der Waals surface area (Å²) in [5.41, 5.74) is 1.12. The van der Waals surface area contributed by atoms with Crippen molar-refractivity contribution in [2.75, 3.05) is 50.8 Å². The summed E-state index contributed by atoms with van der Waals surface area (Å²) in [6.45, 7) is 4.42. The van der Waals surface area contributed by atoms with Crippen LogP contribution in [0.4, 0.5) is 5.95 Å². The van der Waals surface area contributed by atoms with Crippen molar-refractivity contribution in [3.8, 4) is 5.75 Å². The molecule has 0 spiro atoms. The number of amides is 4. The van der Waals surface area contributed by atoms with Crippen LogP contribution in [0, 0.1) is 0 Å². The summed E-state index contributed by atoms with van der Waals surface area (Å²) in [4.78, 5) is 68.4. The van der Waals surface area contributed by atoms with Crippen LogP contribution in [0.15, 0.2) is 73.1 Å². The van der Waals surface area contributed by atoms with Gasteiger partial charge in [-0.1, -0.05) is 42.5 Å². The molecule has 2 aromatic carbocycles. The molecule has 12 nitrogen and oxygen atoms in total. The number of likely N-dealkylation sites (N-methyl/N-ethyl adjacent to an activating group) is 1. The number of aromatic nitrogens is 2. The molecule has 3 aromatic rings. The highest BCUT2D eigenvalue weighted by Gasteiger charge is 2.34. The Labute approximate surface area is 256 Å². The molecule has 5 rings (SSSR count). The highest BCUT2D eigenvalue weighted by atomic mass is 16.5. The zero-order valence-electron chi connectivity index (χ0n) is 24.7. The summed E-state index contributed by atoms with van der Waals surface area (Å²) in [7, 11) is 0. The molecule has 2 aliphatic rings. The van der Waals surface area contributed by atoms with Crippen LogP contribution in [0.1, 0.15) is 29.3 Å². The SMILES string of the molecule is CCN1CCOc2ccccc2C(=O)N[C@H](C(=O)N2CCN(c3ncccn3)CC2)CC(=O)N[C@@H](Cc2ccccc2)C1=O. The lowest BCUT2D eigenvalue weighted by Crippen LogP contribution is -2.57. The number of rotatable bonds is 5. The summed E-state index contributed by atoms with van der Waals surface area (Å²) in [6, 6.07) is 15.9. The number of piperazine rings is 1. The molecular weight excluding hydrogens is 562 g/mol. The Balaban J connectivity index is 1.39. The summed E-state index contributed by atoms with van der Waals surface area (Å²) in [5.74, 6) is -0.745. The van der Waals surface area contributed by atoms with E-state index in [-0.39, 0.29) is 43.4 Å².